The summed E-state index contributed by atoms with van der Waals surface area (Å²) >= 11 is 1.44. The minimum Gasteiger partial charge on any atom is -0.548 e. The summed E-state index contributed by atoms with van der Waals surface area (Å²) in [6, 6.07) is -0.775. The van der Waals surface area contributed by atoms with Gasteiger partial charge in [-0.2, -0.15) is 0 Å². The lowest BCUT2D eigenvalue weighted by Gasteiger charge is -2.31. The summed E-state index contributed by atoms with van der Waals surface area (Å²) in [6.07, 6.45) is 0.570. The molecular formula is C7H10NO3S-. The molecule has 12 heavy (non-hydrogen) atoms. The highest BCUT2D eigenvalue weighted by atomic mass is 32.2. The molecule has 0 radical (unpaired) electrons. The number of hydrogen-bond acceptors (Lipinski definition) is 4. The number of carboxylic acids is 1. The van der Waals surface area contributed by atoms with Gasteiger partial charge in [0.2, 0.25) is 6.41 Å². The van der Waals surface area contributed by atoms with Gasteiger partial charge in [0, 0.05) is 5.75 Å². The standard InChI is InChI=1S/C7H11NO3S/c1-7(2)8(4-9)5(3-12-7)6(10)11/h4-5H,3H2,1-2H3,(H,10,11)/p-1. The second kappa shape index (κ2) is 2.97. The molecule has 1 aliphatic heterocycles. The third kappa shape index (κ3) is 1.41. The van der Waals surface area contributed by atoms with Crippen LogP contribution in [0.25, 0.3) is 0 Å². The number of carboxylic acid groups (broad SMARTS) is 1. The van der Waals surface area contributed by atoms with Crippen LogP contribution in [-0.4, -0.2) is 33.9 Å². The number of carbonyl (C=O) groups excluding carboxylic acids is 2. The molecule has 0 spiro atoms. The Labute approximate surface area is 74.9 Å². The van der Waals surface area contributed by atoms with Gasteiger partial charge in [0.15, 0.2) is 0 Å². The van der Waals surface area contributed by atoms with Crippen LogP contribution < -0.4 is 5.11 Å². The van der Waals surface area contributed by atoms with E-state index >= 15 is 0 Å². The molecule has 1 heterocycles. The molecule has 5 heteroatoms. The molecule has 0 aromatic carbocycles. The Morgan fingerprint density at radius 1 is 1.75 bits per heavy atom. The van der Waals surface area contributed by atoms with Gasteiger partial charge in [0.25, 0.3) is 0 Å². The molecule has 1 atom stereocenters. The minimum absolute atomic E-state index is 0.411. The molecule has 0 aromatic rings. The molecule has 68 valence electrons. The second-order valence-electron chi connectivity index (χ2n) is 3.11. The average Bonchev–Trinajstić information content (AvgIpc) is 2.24. The fourth-order valence-electron chi connectivity index (χ4n) is 1.19. The Morgan fingerprint density at radius 3 is 2.67 bits per heavy atom. The van der Waals surface area contributed by atoms with Crippen molar-refractivity contribution in [2.75, 3.05) is 5.75 Å². The van der Waals surface area contributed by atoms with Crippen molar-refractivity contribution < 1.29 is 14.7 Å². The zero-order chi connectivity index (χ0) is 9.35. The molecule has 4 nitrogen and oxygen atoms in total. The third-order valence-corrected chi connectivity index (χ3v) is 3.34. The lowest BCUT2D eigenvalue weighted by atomic mass is 10.2. The summed E-state index contributed by atoms with van der Waals surface area (Å²) in [4.78, 5) is 22.0. The fourth-order valence-corrected chi connectivity index (χ4v) is 2.38. The number of amides is 1. The fraction of sp³-hybridized carbons (Fsp3) is 0.714. The van der Waals surface area contributed by atoms with E-state index in [9.17, 15) is 14.7 Å². The van der Waals surface area contributed by atoms with E-state index in [4.69, 9.17) is 0 Å². The molecule has 1 aliphatic rings. The molecule has 1 fully saturated rings. The predicted octanol–water partition coefficient (Wildman–Crippen LogP) is -0.954. The Balaban J connectivity index is 2.83. The van der Waals surface area contributed by atoms with Crippen LogP contribution in [-0.2, 0) is 9.59 Å². The minimum atomic E-state index is -1.18. The van der Waals surface area contributed by atoms with Crippen molar-refractivity contribution in [1.82, 2.24) is 4.90 Å². The van der Waals surface area contributed by atoms with Crippen LogP contribution in [0.15, 0.2) is 0 Å². The van der Waals surface area contributed by atoms with Gasteiger partial charge < -0.3 is 14.8 Å². The maximum absolute atomic E-state index is 10.6. The maximum atomic E-state index is 10.6. The monoisotopic (exact) mass is 188 g/mol. The van der Waals surface area contributed by atoms with Gasteiger partial charge in [-0.1, -0.05) is 0 Å². The SMILES string of the molecule is CC1(C)SCC(C(=O)[O-])N1C=O. The molecule has 1 amide bonds. The zero-order valence-electron chi connectivity index (χ0n) is 6.94. The summed E-state index contributed by atoms with van der Waals surface area (Å²) < 4.78 is 0. The van der Waals surface area contributed by atoms with E-state index in [1.807, 2.05) is 13.8 Å². The molecule has 1 saturated heterocycles. The van der Waals surface area contributed by atoms with E-state index in [-0.39, 0.29) is 0 Å². The van der Waals surface area contributed by atoms with Crippen molar-refractivity contribution in [3.8, 4) is 0 Å². The number of rotatable bonds is 2. The Bertz CT molecular complexity index is 217. The van der Waals surface area contributed by atoms with E-state index in [0.717, 1.165) is 0 Å². The highest BCUT2D eigenvalue weighted by Crippen LogP contribution is 2.37. The topological polar surface area (TPSA) is 60.4 Å². The van der Waals surface area contributed by atoms with Crippen LogP contribution in [0.2, 0.25) is 0 Å². The third-order valence-electron chi connectivity index (χ3n) is 1.94. The van der Waals surface area contributed by atoms with Crippen molar-refractivity contribution in [3.05, 3.63) is 0 Å². The van der Waals surface area contributed by atoms with Crippen LogP contribution in [0.3, 0.4) is 0 Å². The highest BCUT2D eigenvalue weighted by Gasteiger charge is 2.39. The number of hydrogen-bond donors (Lipinski definition) is 0. The normalized spacial score (nSPS) is 27.2. The predicted molar refractivity (Wildman–Crippen MR) is 43.2 cm³/mol. The quantitative estimate of drug-likeness (QED) is 0.524. The van der Waals surface area contributed by atoms with E-state index in [1.165, 1.54) is 16.7 Å². The van der Waals surface area contributed by atoms with Crippen molar-refractivity contribution in [1.29, 1.82) is 0 Å². The van der Waals surface area contributed by atoms with Gasteiger partial charge >= 0.3 is 0 Å². The maximum Gasteiger partial charge on any atom is 0.211 e. The molecule has 0 saturated carbocycles. The van der Waals surface area contributed by atoms with Gasteiger partial charge in [-0.15, -0.1) is 11.8 Å². The van der Waals surface area contributed by atoms with Crippen LogP contribution in [0.4, 0.5) is 0 Å². The van der Waals surface area contributed by atoms with Gasteiger partial charge in [-0.05, 0) is 13.8 Å². The second-order valence-corrected chi connectivity index (χ2v) is 4.73. The van der Waals surface area contributed by atoms with Crippen LogP contribution in [0.1, 0.15) is 13.8 Å². The van der Waals surface area contributed by atoms with Crippen LogP contribution in [0, 0.1) is 0 Å². The largest absolute Gasteiger partial charge is 0.548 e. The lowest BCUT2D eigenvalue weighted by Crippen LogP contribution is -2.50. The molecule has 0 aromatic heterocycles. The summed E-state index contributed by atoms with van der Waals surface area (Å²) in [5.41, 5.74) is 0. The smallest absolute Gasteiger partial charge is 0.211 e. The molecular weight excluding hydrogens is 178 g/mol. The van der Waals surface area contributed by atoms with E-state index in [1.54, 1.807) is 0 Å². The first kappa shape index (κ1) is 9.38. The first-order valence-corrected chi connectivity index (χ1v) is 4.56. The highest BCUT2D eigenvalue weighted by molar-refractivity contribution is 8.00. The first-order valence-electron chi connectivity index (χ1n) is 3.57. The van der Waals surface area contributed by atoms with Gasteiger partial charge in [-0.3, -0.25) is 4.79 Å². The summed E-state index contributed by atoms with van der Waals surface area (Å²) in [6.45, 7) is 3.63. The van der Waals surface area contributed by atoms with E-state index in [0.29, 0.717) is 12.2 Å². The van der Waals surface area contributed by atoms with Crippen molar-refractivity contribution >= 4 is 24.1 Å². The number of aliphatic carboxylic acids is 1. The van der Waals surface area contributed by atoms with Gasteiger partial charge in [0.05, 0.1) is 16.9 Å². The van der Waals surface area contributed by atoms with Crippen molar-refractivity contribution in [2.45, 2.75) is 24.8 Å². The van der Waals surface area contributed by atoms with Crippen molar-refractivity contribution in [2.24, 2.45) is 0 Å². The van der Waals surface area contributed by atoms with E-state index in [2.05, 4.69) is 0 Å². The molecule has 0 bridgehead atoms. The average molecular weight is 188 g/mol. The van der Waals surface area contributed by atoms with Crippen molar-refractivity contribution in [3.63, 3.8) is 0 Å². The van der Waals surface area contributed by atoms with Crippen LogP contribution in [0.5, 0.6) is 0 Å². The lowest BCUT2D eigenvalue weighted by molar-refractivity contribution is -0.310. The summed E-state index contributed by atoms with van der Waals surface area (Å²) in [7, 11) is 0. The number of carbonyl (C=O) groups is 2. The Kier molecular flexibility index (Phi) is 2.32. The Morgan fingerprint density at radius 2 is 2.33 bits per heavy atom. The summed E-state index contributed by atoms with van der Waals surface area (Å²) in [5.74, 6) is -0.770. The van der Waals surface area contributed by atoms with Gasteiger partial charge in [0.1, 0.15) is 0 Å². The Hall–Kier alpha value is -0.710. The summed E-state index contributed by atoms with van der Waals surface area (Å²) in [5, 5.41) is 10.5. The molecule has 0 aliphatic carbocycles. The zero-order valence-corrected chi connectivity index (χ0v) is 7.76. The van der Waals surface area contributed by atoms with Gasteiger partial charge in [-0.25, -0.2) is 0 Å². The number of thioether (sulfide) groups is 1. The number of nitrogens with zero attached hydrogens (tertiary/aromatic N) is 1. The molecule has 1 unspecified atom stereocenters. The first-order chi connectivity index (χ1) is 5.49. The molecule has 1 rings (SSSR count). The van der Waals surface area contributed by atoms with Crippen LogP contribution >= 0.6 is 11.8 Å². The van der Waals surface area contributed by atoms with E-state index < -0.39 is 16.9 Å². The molecule has 0 N–H and O–H groups in total.